The fourth-order valence-corrected chi connectivity index (χ4v) is 3.14. The van der Waals surface area contributed by atoms with Crippen LogP contribution >= 0.6 is 0 Å². The van der Waals surface area contributed by atoms with Gasteiger partial charge in [-0.25, -0.2) is 4.79 Å². The van der Waals surface area contributed by atoms with E-state index in [4.69, 9.17) is 10.8 Å². The highest BCUT2D eigenvalue weighted by molar-refractivity contribution is 5.80. The van der Waals surface area contributed by atoms with Crippen molar-refractivity contribution in [1.29, 1.82) is 0 Å². The molecule has 2 saturated heterocycles. The molecule has 3 N–H and O–H groups in total. The number of piperidine rings is 2. The number of urea groups is 1. The maximum absolute atomic E-state index is 12.6. The predicted octanol–water partition coefficient (Wildman–Crippen LogP) is 0.489. The summed E-state index contributed by atoms with van der Waals surface area (Å²) in [5, 5.41) is 9.10. The number of hydrogen-bond acceptors (Lipinski definition) is 3. The van der Waals surface area contributed by atoms with Crippen LogP contribution in [0.15, 0.2) is 0 Å². The largest absolute Gasteiger partial charge is 0.481 e. The number of nitrogens with two attached hydrogens (primary N) is 1. The van der Waals surface area contributed by atoms with Crippen LogP contribution < -0.4 is 5.73 Å². The Bertz CT molecular complexity index is 440. The van der Waals surface area contributed by atoms with Crippen molar-refractivity contribution in [2.45, 2.75) is 38.6 Å². The van der Waals surface area contributed by atoms with Crippen LogP contribution in [0.5, 0.6) is 0 Å². The number of carbonyl (C=O) groups excluding carboxylic acids is 2. The van der Waals surface area contributed by atoms with E-state index in [9.17, 15) is 14.4 Å². The zero-order valence-electron chi connectivity index (χ0n) is 12.3. The summed E-state index contributed by atoms with van der Waals surface area (Å²) in [6.45, 7) is 3.11. The van der Waals surface area contributed by atoms with E-state index >= 15 is 0 Å². The summed E-state index contributed by atoms with van der Waals surface area (Å²) in [4.78, 5) is 38.3. The molecule has 0 spiro atoms. The van der Waals surface area contributed by atoms with Gasteiger partial charge in [-0.15, -0.1) is 0 Å². The van der Waals surface area contributed by atoms with E-state index in [0.717, 1.165) is 6.42 Å². The maximum atomic E-state index is 12.6. The van der Waals surface area contributed by atoms with Crippen molar-refractivity contribution in [3.63, 3.8) is 0 Å². The lowest BCUT2D eigenvalue weighted by Gasteiger charge is -2.41. The SMILES string of the molecule is CC1CCC(C(N)=O)CN1C(=O)N1CCC[C@H](C(=O)O)C1. The van der Waals surface area contributed by atoms with E-state index in [0.29, 0.717) is 32.4 Å². The van der Waals surface area contributed by atoms with Crippen LogP contribution in [0.1, 0.15) is 32.6 Å². The smallest absolute Gasteiger partial charge is 0.320 e. The minimum atomic E-state index is -0.853. The molecule has 2 fully saturated rings. The Hall–Kier alpha value is -1.79. The molecule has 3 amide bonds. The van der Waals surface area contributed by atoms with Crippen LogP contribution in [0.3, 0.4) is 0 Å². The lowest BCUT2D eigenvalue weighted by molar-refractivity contribution is -0.143. The summed E-state index contributed by atoms with van der Waals surface area (Å²) < 4.78 is 0. The Kier molecular flexibility index (Phi) is 4.69. The third-order valence-corrected chi connectivity index (χ3v) is 4.57. The van der Waals surface area contributed by atoms with E-state index < -0.39 is 11.9 Å². The summed E-state index contributed by atoms with van der Waals surface area (Å²) in [5.41, 5.74) is 5.35. The molecule has 0 radical (unpaired) electrons. The minimum absolute atomic E-state index is 0.0540. The summed E-state index contributed by atoms with van der Waals surface area (Å²) in [7, 11) is 0. The Morgan fingerprint density at radius 3 is 2.43 bits per heavy atom. The summed E-state index contributed by atoms with van der Waals surface area (Å²) in [5.74, 6) is -2.02. The molecule has 3 atom stereocenters. The van der Waals surface area contributed by atoms with Crippen LogP contribution in [-0.4, -0.2) is 58.5 Å². The Morgan fingerprint density at radius 1 is 1.10 bits per heavy atom. The number of primary amides is 1. The number of carboxylic acids is 1. The van der Waals surface area contributed by atoms with E-state index in [1.54, 1.807) is 9.80 Å². The first-order valence-corrected chi connectivity index (χ1v) is 7.47. The Labute approximate surface area is 124 Å². The van der Waals surface area contributed by atoms with Crippen LogP contribution in [0.25, 0.3) is 0 Å². The molecule has 0 bridgehead atoms. The molecule has 7 nitrogen and oxygen atoms in total. The van der Waals surface area contributed by atoms with Gasteiger partial charge < -0.3 is 20.6 Å². The van der Waals surface area contributed by atoms with Crippen LogP contribution in [-0.2, 0) is 9.59 Å². The standard InChI is InChI=1S/C14H23N3O4/c1-9-4-5-10(12(15)18)8-17(9)14(21)16-6-2-3-11(7-16)13(19)20/h9-11H,2-8H2,1H3,(H2,15,18)(H,19,20)/t9?,10?,11-/m0/s1. The van der Waals surface area contributed by atoms with Crippen molar-refractivity contribution in [2.24, 2.45) is 17.6 Å². The molecule has 2 heterocycles. The third-order valence-electron chi connectivity index (χ3n) is 4.57. The summed E-state index contributed by atoms with van der Waals surface area (Å²) in [6.07, 6.45) is 2.76. The number of aliphatic carboxylic acids is 1. The fraction of sp³-hybridized carbons (Fsp3) is 0.786. The molecule has 2 rings (SSSR count). The van der Waals surface area contributed by atoms with Gasteiger partial charge in [-0.05, 0) is 32.6 Å². The Balaban J connectivity index is 2.03. The van der Waals surface area contributed by atoms with Crippen molar-refractivity contribution in [3.05, 3.63) is 0 Å². The van der Waals surface area contributed by atoms with Crippen LogP contribution in [0.2, 0.25) is 0 Å². The van der Waals surface area contributed by atoms with Gasteiger partial charge in [0.25, 0.3) is 0 Å². The van der Waals surface area contributed by atoms with Crippen LogP contribution in [0.4, 0.5) is 4.79 Å². The van der Waals surface area contributed by atoms with Crippen molar-refractivity contribution in [1.82, 2.24) is 9.80 Å². The first-order chi connectivity index (χ1) is 9.90. The average molecular weight is 297 g/mol. The second-order valence-corrected chi connectivity index (χ2v) is 6.08. The average Bonchev–Trinajstić information content (AvgIpc) is 2.47. The molecule has 0 aromatic rings. The topological polar surface area (TPSA) is 104 Å². The summed E-state index contributed by atoms with van der Waals surface area (Å²) in [6, 6.07) is -0.113. The second-order valence-electron chi connectivity index (χ2n) is 6.08. The molecule has 2 aliphatic heterocycles. The molecule has 21 heavy (non-hydrogen) atoms. The first-order valence-electron chi connectivity index (χ1n) is 7.47. The number of amides is 3. The molecule has 2 aliphatic rings. The zero-order valence-corrected chi connectivity index (χ0v) is 12.3. The van der Waals surface area contributed by atoms with Gasteiger partial charge >= 0.3 is 12.0 Å². The lowest BCUT2D eigenvalue weighted by atomic mass is 9.93. The van der Waals surface area contributed by atoms with Crippen molar-refractivity contribution < 1.29 is 19.5 Å². The molecule has 0 aliphatic carbocycles. The molecule has 118 valence electrons. The molecular weight excluding hydrogens is 274 g/mol. The number of carbonyl (C=O) groups is 3. The van der Waals surface area contributed by atoms with Gasteiger partial charge in [0.05, 0.1) is 11.8 Å². The van der Waals surface area contributed by atoms with Gasteiger partial charge in [0.15, 0.2) is 0 Å². The number of rotatable bonds is 2. The molecule has 0 aromatic heterocycles. The van der Waals surface area contributed by atoms with E-state index in [1.165, 1.54) is 0 Å². The number of hydrogen-bond donors (Lipinski definition) is 2. The molecule has 2 unspecified atom stereocenters. The highest BCUT2D eigenvalue weighted by Gasteiger charge is 2.36. The van der Waals surface area contributed by atoms with Gasteiger partial charge in [-0.2, -0.15) is 0 Å². The Morgan fingerprint density at radius 2 is 1.81 bits per heavy atom. The summed E-state index contributed by atoms with van der Waals surface area (Å²) >= 11 is 0. The third kappa shape index (κ3) is 3.46. The lowest BCUT2D eigenvalue weighted by Crippen LogP contribution is -2.55. The van der Waals surface area contributed by atoms with E-state index in [1.807, 2.05) is 6.92 Å². The monoisotopic (exact) mass is 297 g/mol. The van der Waals surface area contributed by atoms with Gasteiger partial charge in [-0.1, -0.05) is 0 Å². The zero-order chi connectivity index (χ0) is 15.6. The highest BCUT2D eigenvalue weighted by atomic mass is 16.4. The number of likely N-dealkylation sites (tertiary alicyclic amines) is 2. The quantitative estimate of drug-likeness (QED) is 0.774. The second kappa shape index (κ2) is 6.32. The highest BCUT2D eigenvalue weighted by Crippen LogP contribution is 2.25. The van der Waals surface area contributed by atoms with E-state index in [2.05, 4.69) is 0 Å². The van der Waals surface area contributed by atoms with Gasteiger partial charge in [0.2, 0.25) is 5.91 Å². The molecule has 0 saturated carbocycles. The predicted molar refractivity (Wildman–Crippen MR) is 75.4 cm³/mol. The molecule has 7 heteroatoms. The number of nitrogens with zero attached hydrogens (tertiary/aromatic N) is 2. The van der Waals surface area contributed by atoms with Crippen LogP contribution in [0, 0.1) is 11.8 Å². The minimum Gasteiger partial charge on any atom is -0.481 e. The van der Waals surface area contributed by atoms with Crippen molar-refractivity contribution >= 4 is 17.9 Å². The fourth-order valence-electron chi connectivity index (χ4n) is 3.14. The molecular formula is C14H23N3O4. The van der Waals surface area contributed by atoms with Gasteiger partial charge in [0, 0.05) is 25.7 Å². The molecule has 0 aromatic carbocycles. The van der Waals surface area contributed by atoms with Gasteiger partial charge in [-0.3, -0.25) is 9.59 Å². The van der Waals surface area contributed by atoms with Crippen molar-refractivity contribution in [2.75, 3.05) is 19.6 Å². The van der Waals surface area contributed by atoms with Crippen molar-refractivity contribution in [3.8, 4) is 0 Å². The first kappa shape index (κ1) is 15.6. The van der Waals surface area contributed by atoms with Gasteiger partial charge in [0.1, 0.15) is 0 Å². The maximum Gasteiger partial charge on any atom is 0.320 e. The van der Waals surface area contributed by atoms with E-state index in [-0.39, 0.29) is 30.4 Å². The normalized spacial score (nSPS) is 30.0. The number of carboxylic acid groups (broad SMARTS) is 1.